The van der Waals surface area contributed by atoms with Gasteiger partial charge in [0.25, 0.3) is 11.4 Å². The molecule has 6 aromatic rings. The molecule has 2 fully saturated rings. The Morgan fingerprint density at radius 1 is 0.679 bits per heavy atom. The van der Waals surface area contributed by atoms with Crippen LogP contribution in [-0.4, -0.2) is 106 Å². The third kappa shape index (κ3) is 10.1. The van der Waals surface area contributed by atoms with Crippen LogP contribution < -0.4 is 5.73 Å². The highest BCUT2D eigenvalue weighted by Crippen LogP contribution is 2.34. The second-order valence-electron chi connectivity index (χ2n) is 14.9. The number of Topliss-reactive ketones (excluding diaryl/α,β-unsaturated/α-hetero) is 1. The molecule has 6 heterocycles. The number of anilines is 1. The summed E-state index contributed by atoms with van der Waals surface area (Å²) in [4.78, 5) is 47.4. The predicted molar refractivity (Wildman–Crippen MR) is 224 cm³/mol. The number of nitro groups is 2. The molecule has 0 unspecified atom stereocenters. The number of nitro benzene ring substituents is 2. The van der Waals surface area contributed by atoms with Gasteiger partial charge >= 0.3 is 0 Å². The van der Waals surface area contributed by atoms with Crippen LogP contribution in [0.15, 0.2) is 85.3 Å². The standard InChI is InChI=1S/C14H15N3O2.C14H19N3.C8H6N2O2.C6H11NO/c1-16-6-4-10(5-7-16)13-9-15-14-3-2-11(17(18)19)8-12(13)14;1-17-6-4-10(5-7-17)13-9-16-14-3-2-11(15)8-12(13)14;11-10(12)7-1-2-8-6(5-7)3-4-9-8;1-7-4-2-6(8)3-5-7/h2-4,8-9,15H,5-7H2,1H3;2-3,8-10,16H,4-7,15H2,1H3;1-5,9H;2-5H2,1H3. The van der Waals surface area contributed by atoms with Gasteiger partial charge in [0.05, 0.1) is 9.85 Å². The number of likely N-dealkylation sites (N-methyl/N-ethyl adjacent to an activating group) is 1. The van der Waals surface area contributed by atoms with E-state index in [1.807, 2.05) is 25.4 Å². The summed E-state index contributed by atoms with van der Waals surface area (Å²) in [6.45, 7) is 6.25. The smallest absolute Gasteiger partial charge is 0.270 e. The van der Waals surface area contributed by atoms with Crippen LogP contribution in [0.5, 0.6) is 0 Å². The zero-order valence-electron chi connectivity index (χ0n) is 32.3. The molecule has 0 bridgehead atoms. The number of carbonyl (C=O) groups excluding carboxylic acids is 1. The molecule has 294 valence electrons. The molecule has 5 N–H and O–H groups in total. The number of nitrogen functional groups attached to an aromatic ring is 1. The summed E-state index contributed by atoms with van der Waals surface area (Å²) in [5.41, 5.74) is 13.9. The monoisotopic (exact) mass is 761 g/mol. The van der Waals surface area contributed by atoms with Gasteiger partial charge in [0.2, 0.25) is 0 Å². The Bertz CT molecular complexity index is 2320. The highest BCUT2D eigenvalue weighted by molar-refractivity contribution is 5.94. The molecule has 0 aliphatic carbocycles. The average molecular weight is 762 g/mol. The van der Waals surface area contributed by atoms with E-state index in [-0.39, 0.29) is 16.3 Å². The van der Waals surface area contributed by atoms with Crippen molar-refractivity contribution in [2.24, 2.45) is 0 Å². The number of aromatic amines is 3. The van der Waals surface area contributed by atoms with E-state index >= 15 is 0 Å². The highest BCUT2D eigenvalue weighted by atomic mass is 16.6. The van der Waals surface area contributed by atoms with Crippen LogP contribution in [0.1, 0.15) is 49.1 Å². The molecular formula is C42H51N9O5. The van der Waals surface area contributed by atoms with Gasteiger partial charge in [-0.15, -0.1) is 0 Å². The van der Waals surface area contributed by atoms with E-state index in [9.17, 15) is 25.0 Å². The maximum absolute atomic E-state index is 10.9. The number of non-ortho nitro benzene ring substituents is 2. The number of ketones is 1. The van der Waals surface area contributed by atoms with Crippen molar-refractivity contribution >= 4 is 61.1 Å². The van der Waals surface area contributed by atoms with Crippen LogP contribution in [0.4, 0.5) is 17.1 Å². The van der Waals surface area contributed by atoms with E-state index < -0.39 is 4.92 Å². The summed E-state index contributed by atoms with van der Waals surface area (Å²) in [7, 11) is 6.34. The van der Waals surface area contributed by atoms with Gasteiger partial charge in [-0.3, -0.25) is 25.0 Å². The van der Waals surface area contributed by atoms with E-state index in [4.69, 9.17) is 5.73 Å². The number of carbonyl (C=O) groups is 1. The van der Waals surface area contributed by atoms with E-state index in [0.29, 0.717) is 11.7 Å². The number of aromatic nitrogens is 3. The molecule has 3 aliphatic heterocycles. The van der Waals surface area contributed by atoms with Gasteiger partial charge in [0.1, 0.15) is 5.78 Å². The Labute approximate surface area is 325 Å². The minimum atomic E-state index is -0.396. The minimum Gasteiger partial charge on any atom is -0.399 e. The molecule has 0 spiro atoms. The SMILES string of the molecule is CN1CC=C(c2c[nH]c3ccc([N+](=O)[O-])cc23)CC1.CN1CCC(=O)CC1.CN1CCC(c2c[nH]c3ccc(N)cc23)CC1.O=[N+]([O-])c1ccc2[nH]ccc2c1. The second kappa shape index (κ2) is 18.2. The van der Waals surface area contributed by atoms with Crippen molar-refractivity contribution in [2.45, 2.75) is 38.0 Å². The predicted octanol–water partition coefficient (Wildman–Crippen LogP) is 7.71. The molecule has 3 aliphatic rings. The molecule has 3 aromatic heterocycles. The van der Waals surface area contributed by atoms with Crippen LogP contribution in [0.2, 0.25) is 0 Å². The summed E-state index contributed by atoms with van der Waals surface area (Å²) in [5.74, 6) is 1.10. The maximum Gasteiger partial charge on any atom is 0.270 e. The van der Waals surface area contributed by atoms with Gasteiger partial charge in [-0.25, -0.2) is 0 Å². The molecule has 14 nitrogen and oxygen atoms in total. The Morgan fingerprint density at radius 3 is 1.95 bits per heavy atom. The normalized spacial score (nSPS) is 17.0. The second-order valence-corrected chi connectivity index (χ2v) is 14.9. The topological polar surface area (TPSA) is 186 Å². The average Bonchev–Trinajstić information content (AvgIpc) is 3.96. The molecule has 0 amide bonds. The molecule has 2 saturated heterocycles. The molecule has 9 rings (SSSR count). The number of nitrogens with two attached hydrogens (primary N) is 1. The first kappa shape index (κ1) is 39.9. The van der Waals surface area contributed by atoms with Crippen LogP contribution in [0.25, 0.3) is 38.3 Å². The largest absolute Gasteiger partial charge is 0.399 e. The van der Waals surface area contributed by atoms with E-state index in [2.05, 4.69) is 68.2 Å². The zero-order chi connectivity index (χ0) is 39.8. The third-order valence-electron chi connectivity index (χ3n) is 10.8. The van der Waals surface area contributed by atoms with Crippen molar-refractivity contribution in [3.05, 3.63) is 117 Å². The number of likely N-dealkylation sites (tertiary alicyclic amines) is 2. The number of piperidine rings is 2. The number of hydrogen-bond donors (Lipinski definition) is 4. The van der Waals surface area contributed by atoms with Crippen LogP contribution >= 0.6 is 0 Å². The van der Waals surface area contributed by atoms with E-state index in [0.717, 1.165) is 78.5 Å². The molecule has 56 heavy (non-hydrogen) atoms. The summed E-state index contributed by atoms with van der Waals surface area (Å²) in [6, 6.07) is 17.6. The van der Waals surface area contributed by atoms with Gasteiger partial charge in [-0.05, 0) is 107 Å². The summed E-state index contributed by atoms with van der Waals surface area (Å²) in [6.07, 6.45) is 13.1. The van der Waals surface area contributed by atoms with Gasteiger partial charge < -0.3 is 35.4 Å². The van der Waals surface area contributed by atoms with Gasteiger partial charge in [-0.1, -0.05) is 6.08 Å². The summed E-state index contributed by atoms with van der Waals surface area (Å²) >= 11 is 0. The minimum absolute atomic E-state index is 0.127. The van der Waals surface area contributed by atoms with Crippen LogP contribution in [0, 0.1) is 20.2 Å². The lowest BCUT2D eigenvalue weighted by Gasteiger charge is -2.28. The molecule has 0 radical (unpaired) electrons. The zero-order valence-corrected chi connectivity index (χ0v) is 32.3. The van der Waals surface area contributed by atoms with Crippen molar-refractivity contribution in [3.8, 4) is 0 Å². The first-order valence-electron chi connectivity index (χ1n) is 19.1. The number of benzene rings is 3. The lowest BCUT2D eigenvalue weighted by molar-refractivity contribution is -0.384. The lowest BCUT2D eigenvalue weighted by Crippen LogP contribution is -2.29. The molecule has 0 saturated carbocycles. The van der Waals surface area contributed by atoms with Crippen LogP contribution in [-0.2, 0) is 4.79 Å². The van der Waals surface area contributed by atoms with Gasteiger partial charge in [-0.2, -0.15) is 0 Å². The van der Waals surface area contributed by atoms with Gasteiger partial charge in [0, 0.05) is 126 Å². The first-order valence-corrected chi connectivity index (χ1v) is 19.1. The molecule has 3 aromatic carbocycles. The summed E-state index contributed by atoms with van der Waals surface area (Å²) in [5, 5.41) is 24.3. The Hall–Kier alpha value is -5.83. The quantitative estimate of drug-likeness (QED) is 0.0793. The fraction of sp³-hybridized carbons (Fsp3) is 0.357. The number of rotatable bonds is 4. The number of nitrogens with zero attached hydrogens (tertiary/aromatic N) is 5. The molecule has 14 heteroatoms. The van der Waals surface area contributed by atoms with Crippen molar-refractivity contribution in [1.82, 2.24) is 29.7 Å². The number of fused-ring (bicyclic) bond motifs is 3. The van der Waals surface area contributed by atoms with Crippen molar-refractivity contribution < 1.29 is 14.6 Å². The van der Waals surface area contributed by atoms with E-state index in [1.54, 1.807) is 30.5 Å². The van der Waals surface area contributed by atoms with Crippen LogP contribution in [0.3, 0.4) is 0 Å². The Balaban J connectivity index is 0.000000132. The summed E-state index contributed by atoms with van der Waals surface area (Å²) < 4.78 is 0. The first-order chi connectivity index (χ1) is 26.9. The van der Waals surface area contributed by atoms with Gasteiger partial charge in [0.15, 0.2) is 0 Å². The highest BCUT2D eigenvalue weighted by Gasteiger charge is 2.21. The Morgan fingerprint density at radius 2 is 1.29 bits per heavy atom. The fourth-order valence-corrected chi connectivity index (χ4v) is 7.34. The number of nitrogens with one attached hydrogen (secondary N) is 3. The fourth-order valence-electron chi connectivity index (χ4n) is 7.34. The Kier molecular flexibility index (Phi) is 13.0. The maximum atomic E-state index is 10.9. The lowest BCUT2D eigenvalue weighted by atomic mass is 9.89. The third-order valence-corrected chi connectivity index (χ3v) is 10.8. The van der Waals surface area contributed by atoms with Crippen molar-refractivity contribution in [2.75, 3.05) is 66.1 Å². The number of H-pyrrole nitrogens is 3. The number of hydrogen-bond acceptors (Lipinski definition) is 9. The van der Waals surface area contributed by atoms with Crippen molar-refractivity contribution in [3.63, 3.8) is 0 Å². The van der Waals surface area contributed by atoms with Crippen molar-refractivity contribution in [1.29, 1.82) is 0 Å². The molecular weight excluding hydrogens is 711 g/mol. The van der Waals surface area contributed by atoms with E-state index in [1.165, 1.54) is 60.1 Å². The molecule has 0 atom stereocenters.